The van der Waals surface area contributed by atoms with Gasteiger partial charge in [-0.1, -0.05) is 19.1 Å². The minimum atomic E-state index is -1.11. The van der Waals surface area contributed by atoms with Crippen molar-refractivity contribution < 1.29 is 14.8 Å². The number of hydrogen-bond acceptors (Lipinski definition) is 6. The molecule has 0 aliphatic carbocycles. The molecule has 1 aromatic carbocycles. The van der Waals surface area contributed by atoms with E-state index in [2.05, 4.69) is 4.98 Å². The highest BCUT2D eigenvalue weighted by atomic mass is 32.1. The van der Waals surface area contributed by atoms with Crippen LogP contribution in [0.3, 0.4) is 0 Å². The summed E-state index contributed by atoms with van der Waals surface area (Å²) < 4.78 is 1.10. The number of nitro groups is 1. The molecular weight excluding hydrogens is 346 g/mol. The minimum absolute atomic E-state index is 0.0852. The summed E-state index contributed by atoms with van der Waals surface area (Å²) in [5.41, 5.74) is 0.469. The van der Waals surface area contributed by atoms with Gasteiger partial charge in [-0.3, -0.25) is 19.5 Å². The van der Waals surface area contributed by atoms with Crippen molar-refractivity contribution in [3.05, 3.63) is 56.4 Å². The summed E-state index contributed by atoms with van der Waals surface area (Å²) in [6, 6.07) is 4.94. The fourth-order valence-corrected chi connectivity index (χ4v) is 3.56. The lowest BCUT2D eigenvalue weighted by Gasteiger charge is -2.13. The zero-order valence-electron chi connectivity index (χ0n) is 13.1. The molecule has 0 amide bonds. The maximum atomic E-state index is 12.8. The van der Waals surface area contributed by atoms with Crippen LogP contribution in [0.15, 0.2) is 40.8 Å². The Morgan fingerprint density at radius 3 is 2.88 bits per heavy atom. The van der Waals surface area contributed by atoms with Crippen molar-refractivity contribution in [2.24, 2.45) is 0 Å². The first-order valence-corrected chi connectivity index (χ1v) is 8.28. The lowest BCUT2D eigenvalue weighted by atomic mass is 10.1. The number of aliphatic carboxylic acids is 1. The van der Waals surface area contributed by atoms with Crippen LogP contribution in [0.4, 0.5) is 5.69 Å². The predicted molar refractivity (Wildman–Crippen MR) is 92.9 cm³/mol. The number of carboxylic acid groups (broad SMARTS) is 1. The van der Waals surface area contributed by atoms with Gasteiger partial charge in [0.2, 0.25) is 0 Å². The lowest BCUT2D eigenvalue weighted by molar-refractivity contribution is -0.384. The van der Waals surface area contributed by atoms with E-state index in [4.69, 9.17) is 0 Å². The molecule has 0 aliphatic heterocycles. The second-order valence-electron chi connectivity index (χ2n) is 5.36. The van der Waals surface area contributed by atoms with Gasteiger partial charge >= 0.3 is 5.97 Å². The summed E-state index contributed by atoms with van der Waals surface area (Å²) in [7, 11) is 0. The number of non-ortho nitro benzene ring substituents is 1. The molecule has 25 heavy (non-hydrogen) atoms. The second kappa shape index (κ2) is 6.44. The van der Waals surface area contributed by atoms with Gasteiger partial charge in [-0.25, -0.2) is 9.78 Å². The molecule has 0 bridgehead atoms. The van der Waals surface area contributed by atoms with E-state index in [1.807, 2.05) is 0 Å². The monoisotopic (exact) mass is 359 g/mol. The highest BCUT2D eigenvalue weighted by Gasteiger charge is 2.22. The van der Waals surface area contributed by atoms with Crippen LogP contribution in [-0.4, -0.2) is 25.6 Å². The molecule has 0 fully saturated rings. The smallest absolute Gasteiger partial charge is 0.326 e. The molecule has 3 rings (SSSR count). The third-order valence-corrected chi connectivity index (χ3v) is 4.78. The molecule has 2 aromatic heterocycles. The van der Waals surface area contributed by atoms with E-state index >= 15 is 0 Å². The molecule has 0 saturated carbocycles. The van der Waals surface area contributed by atoms with Crippen molar-refractivity contribution in [3.8, 4) is 11.1 Å². The quantitative estimate of drug-likeness (QED) is 0.553. The zero-order chi connectivity index (χ0) is 18.1. The summed E-state index contributed by atoms with van der Waals surface area (Å²) in [5.74, 6) is -1.11. The van der Waals surface area contributed by atoms with Gasteiger partial charge in [-0.15, -0.1) is 11.3 Å². The lowest BCUT2D eigenvalue weighted by Crippen LogP contribution is -2.29. The van der Waals surface area contributed by atoms with E-state index in [9.17, 15) is 24.8 Å². The SMILES string of the molecule is CC[C@@H](C(=O)O)n1cnc2scc(-c3cccc([N+](=O)[O-])c3)c2c1=O. The fraction of sp³-hybridized carbons (Fsp3) is 0.188. The van der Waals surface area contributed by atoms with Gasteiger partial charge in [0.1, 0.15) is 10.9 Å². The molecule has 0 saturated heterocycles. The van der Waals surface area contributed by atoms with Gasteiger partial charge in [0.05, 0.1) is 16.6 Å². The van der Waals surface area contributed by atoms with Crippen molar-refractivity contribution in [2.75, 3.05) is 0 Å². The molecule has 1 atom stereocenters. The van der Waals surface area contributed by atoms with Gasteiger partial charge in [0, 0.05) is 23.1 Å². The van der Waals surface area contributed by atoms with Crippen LogP contribution in [0, 0.1) is 10.1 Å². The predicted octanol–water partition coefficient (Wildman–Crippen LogP) is 3.07. The van der Waals surface area contributed by atoms with E-state index < -0.39 is 22.5 Å². The molecule has 3 aromatic rings. The van der Waals surface area contributed by atoms with Crippen LogP contribution in [0.25, 0.3) is 21.3 Å². The Labute approximate surface area is 145 Å². The molecule has 128 valence electrons. The Bertz CT molecular complexity index is 1040. The molecule has 1 N–H and O–H groups in total. The first-order valence-electron chi connectivity index (χ1n) is 7.40. The number of hydrogen-bond donors (Lipinski definition) is 1. The van der Waals surface area contributed by atoms with Gasteiger partial charge in [0.25, 0.3) is 11.2 Å². The molecule has 9 heteroatoms. The Balaban J connectivity index is 2.25. The van der Waals surface area contributed by atoms with E-state index in [1.54, 1.807) is 18.4 Å². The average Bonchev–Trinajstić information content (AvgIpc) is 3.02. The number of nitrogens with zero attached hydrogens (tertiary/aromatic N) is 3. The van der Waals surface area contributed by atoms with Gasteiger partial charge in [-0.05, 0) is 12.0 Å². The van der Waals surface area contributed by atoms with Crippen molar-refractivity contribution in [2.45, 2.75) is 19.4 Å². The fourth-order valence-electron chi connectivity index (χ4n) is 2.66. The normalized spacial score (nSPS) is 12.2. The number of carbonyl (C=O) groups is 1. The summed E-state index contributed by atoms with van der Waals surface area (Å²) in [5, 5.41) is 22.2. The van der Waals surface area contributed by atoms with E-state index in [0.29, 0.717) is 16.0 Å². The van der Waals surface area contributed by atoms with E-state index in [-0.39, 0.29) is 17.5 Å². The zero-order valence-corrected chi connectivity index (χ0v) is 13.9. The average molecular weight is 359 g/mol. The summed E-state index contributed by atoms with van der Waals surface area (Å²) in [6.45, 7) is 1.67. The maximum Gasteiger partial charge on any atom is 0.326 e. The first-order chi connectivity index (χ1) is 11.9. The maximum absolute atomic E-state index is 12.8. The first kappa shape index (κ1) is 16.8. The second-order valence-corrected chi connectivity index (χ2v) is 6.21. The highest BCUT2D eigenvalue weighted by Crippen LogP contribution is 2.32. The standard InChI is InChI=1S/C16H13N3O5S/c1-2-12(16(21)22)18-8-17-14-13(15(18)20)11(7-25-14)9-4-3-5-10(6-9)19(23)24/h3-8,12H,2H2,1H3,(H,21,22)/t12-/m0/s1. The number of benzene rings is 1. The van der Waals surface area contributed by atoms with Crippen LogP contribution in [0.2, 0.25) is 0 Å². The molecule has 0 radical (unpaired) electrons. The van der Waals surface area contributed by atoms with Gasteiger partial charge in [-0.2, -0.15) is 0 Å². The van der Waals surface area contributed by atoms with Crippen LogP contribution >= 0.6 is 11.3 Å². The number of rotatable bonds is 5. The molecular formula is C16H13N3O5S. The number of thiophene rings is 1. The topological polar surface area (TPSA) is 115 Å². The summed E-state index contributed by atoms with van der Waals surface area (Å²) in [6.07, 6.45) is 1.47. The number of fused-ring (bicyclic) bond motifs is 1. The minimum Gasteiger partial charge on any atom is -0.480 e. The summed E-state index contributed by atoms with van der Waals surface area (Å²) >= 11 is 1.23. The van der Waals surface area contributed by atoms with Crippen LogP contribution in [0.5, 0.6) is 0 Å². The van der Waals surface area contributed by atoms with E-state index in [0.717, 1.165) is 4.57 Å². The summed E-state index contributed by atoms with van der Waals surface area (Å²) in [4.78, 5) is 39.3. The Morgan fingerprint density at radius 2 is 2.24 bits per heavy atom. The van der Waals surface area contributed by atoms with Crippen molar-refractivity contribution in [1.29, 1.82) is 0 Å². The van der Waals surface area contributed by atoms with Crippen molar-refractivity contribution in [1.82, 2.24) is 9.55 Å². The largest absolute Gasteiger partial charge is 0.480 e. The molecule has 0 spiro atoms. The highest BCUT2D eigenvalue weighted by molar-refractivity contribution is 7.17. The number of nitro benzene ring substituents is 1. The van der Waals surface area contributed by atoms with E-state index in [1.165, 1.54) is 35.9 Å². The van der Waals surface area contributed by atoms with Crippen molar-refractivity contribution >= 4 is 33.2 Å². The van der Waals surface area contributed by atoms with Gasteiger partial charge < -0.3 is 5.11 Å². The molecule has 2 heterocycles. The molecule has 0 unspecified atom stereocenters. The Morgan fingerprint density at radius 1 is 1.48 bits per heavy atom. The third-order valence-electron chi connectivity index (χ3n) is 3.89. The van der Waals surface area contributed by atoms with Gasteiger partial charge in [0.15, 0.2) is 0 Å². The van der Waals surface area contributed by atoms with Crippen LogP contribution in [0.1, 0.15) is 19.4 Å². The molecule has 0 aliphatic rings. The Hall–Kier alpha value is -3.07. The van der Waals surface area contributed by atoms with Crippen molar-refractivity contribution in [3.63, 3.8) is 0 Å². The number of carboxylic acids is 1. The third kappa shape index (κ3) is 2.89. The Kier molecular flexibility index (Phi) is 4.32. The number of aromatic nitrogens is 2. The van der Waals surface area contributed by atoms with Crippen LogP contribution < -0.4 is 5.56 Å². The van der Waals surface area contributed by atoms with Crippen LogP contribution in [-0.2, 0) is 4.79 Å². The molecule has 8 nitrogen and oxygen atoms in total.